The number of carbonyl (C=O) groups excluding carboxylic acids is 3. The van der Waals surface area contributed by atoms with Crippen molar-refractivity contribution in [3.05, 3.63) is 65.7 Å². The van der Waals surface area contributed by atoms with E-state index in [4.69, 9.17) is 15.2 Å². The van der Waals surface area contributed by atoms with Gasteiger partial charge in [0.2, 0.25) is 0 Å². The zero-order valence-corrected chi connectivity index (χ0v) is 16.0. The molecule has 3 aromatic rings. The van der Waals surface area contributed by atoms with Gasteiger partial charge in [0, 0.05) is 10.9 Å². The van der Waals surface area contributed by atoms with Crippen molar-refractivity contribution in [3.8, 4) is 22.1 Å². The van der Waals surface area contributed by atoms with E-state index in [2.05, 4.69) is 4.98 Å². The van der Waals surface area contributed by atoms with Gasteiger partial charge in [-0.05, 0) is 24.3 Å². The Hall–Kier alpha value is -3.72. The molecule has 0 fully saturated rings. The third-order valence-corrected chi connectivity index (χ3v) is 4.50. The first-order valence-corrected chi connectivity index (χ1v) is 9.40. The number of esters is 1. The van der Waals surface area contributed by atoms with Crippen LogP contribution in [0.15, 0.2) is 60.0 Å². The van der Waals surface area contributed by atoms with E-state index in [0.717, 1.165) is 16.3 Å². The second-order valence-electron chi connectivity index (χ2n) is 5.84. The van der Waals surface area contributed by atoms with Crippen LogP contribution in [0.25, 0.3) is 10.6 Å². The number of para-hydroxylation sites is 1. The van der Waals surface area contributed by atoms with Crippen LogP contribution in [0.1, 0.15) is 5.69 Å². The first kappa shape index (κ1) is 20.0. The molecule has 0 radical (unpaired) electrons. The summed E-state index contributed by atoms with van der Waals surface area (Å²) in [6.07, 6.45) is -0.0967. The first-order valence-electron chi connectivity index (χ1n) is 8.52. The summed E-state index contributed by atoms with van der Waals surface area (Å²) in [5.41, 5.74) is 6.17. The molecule has 0 aliphatic rings. The zero-order chi connectivity index (χ0) is 20.6. The number of imide groups is 1. The third kappa shape index (κ3) is 6.15. The standard InChI is InChI=1S/C20H17N3O5S/c21-20(26)23-17(24)11-27-18(25)10-14-12-29-19(22-14)13-5-4-8-16(9-13)28-15-6-2-1-3-7-15/h1-9,12H,10-11H2,(H3,21,23,24,26). The number of nitrogens with two attached hydrogens (primary N) is 1. The summed E-state index contributed by atoms with van der Waals surface area (Å²) in [6, 6.07) is 15.9. The van der Waals surface area contributed by atoms with Gasteiger partial charge in [0.25, 0.3) is 5.91 Å². The molecule has 29 heavy (non-hydrogen) atoms. The largest absolute Gasteiger partial charge is 0.457 e. The van der Waals surface area contributed by atoms with Gasteiger partial charge in [0.15, 0.2) is 6.61 Å². The highest BCUT2D eigenvalue weighted by Gasteiger charge is 2.13. The van der Waals surface area contributed by atoms with Crippen LogP contribution in [-0.2, 0) is 20.7 Å². The first-order chi connectivity index (χ1) is 14.0. The fraction of sp³-hybridized carbons (Fsp3) is 0.100. The molecule has 3 rings (SSSR count). The van der Waals surface area contributed by atoms with Crippen LogP contribution in [0.5, 0.6) is 11.5 Å². The third-order valence-electron chi connectivity index (χ3n) is 3.56. The lowest BCUT2D eigenvalue weighted by atomic mass is 10.2. The van der Waals surface area contributed by atoms with Gasteiger partial charge in [-0.1, -0.05) is 30.3 Å². The minimum Gasteiger partial charge on any atom is -0.457 e. The number of benzene rings is 2. The number of primary amides is 1. The van der Waals surface area contributed by atoms with E-state index < -0.39 is 24.5 Å². The molecule has 0 saturated carbocycles. The molecule has 3 amide bonds. The smallest absolute Gasteiger partial charge is 0.318 e. The summed E-state index contributed by atoms with van der Waals surface area (Å²) >= 11 is 1.38. The lowest BCUT2D eigenvalue weighted by molar-refractivity contribution is -0.147. The molecule has 0 saturated heterocycles. The molecule has 9 heteroatoms. The fourth-order valence-corrected chi connectivity index (χ4v) is 3.17. The van der Waals surface area contributed by atoms with Gasteiger partial charge in [-0.15, -0.1) is 11.3 Å². The normalized spacial score (nSPS) is 10.2. The van der Waals surface area contributed by atoms with Crippen molar-refractivity contribution in [3.63, 3.8) is 0 Å². The number of carbonyl (C=O) groups is 3. The molecule has 148 valence electrons. The van der Waals surface area contributed by atoms with E-state index in [1.807, 2.05) is 59.9 Å². The number of ether oxygens (including phenoxy) is 2. The molecule has 8 nitrogen and oxygen atoms in total. The van der Waals surface area contributed by atoms with Gasteiger partial charge >= 0.3 is 12.0 Å². The molecule has 0 unspecified atom stereocenters. The van der Waals surface area contributed by atoms with Crippen molar-refractivity contribution in [2.75, 3.05) is 6.61 Å². The highest BCUT2D eigenvalue weighted by molar-refractivity contribution is 7.13. The van der Waals surface area contributed by atoms with Crippen LogP contribution in [0.2, 0.25) is 0 Å². The van der Waals surface area contributed by atoms with Gasteiger partial charge in [-0.25, -0.2) is 9.78 Å². The Kier molecular flexibility index (Phi) is 6.54. The second kappa shape index (κ2) is 9.47. The predicted molar refractivity (Wildman–Crippen MR) is 106 cm³/mol. The molecule has 2 aromatic carbocycles. The van der Waals surface area contributed by atoms with Crippen LogP contribution in [0.3, 0.4) is 0 Å². The molecular formula is C20H17N3O5S. The van der Waals surface area contributed by atoms with Gasteiger partial charge in [-0.2, -0.15) is 0 Å². The van der Waals surface area contributed by atoms with E-state index in [1.54, 1.807) is 5.38 Å². The van der Waals surface area contributed by atoms with E-state index >= 15 is 0 Å². The van der Waals surface area contributed by atoms with Gasteiger partial charge in [-0.3, -0.25) is 14.9 Å². The van der Waals surface area contributed by atoms with E-state index in [0.29, 0.717) is 11.4 Å². The number of hydrogen-bond donors (Lipinski definition) is 2. The quantitative estimate of drug-likeness (QED) is 0.577. The Balaban J connectivity index is 1.59. The molecule has 1 heterocycles. The second-order valence-corrected chi connectivity index (χ2v) is 6.69. The van der Waals surface area contributed by atoms with Crippen molar-refractivity contribution in [2.24, 2.45) is 5.73 Å². The number of nitrogens with one attached hydrogen (secondary N) is 1. The average molecular weight is 411 g/mol. The molecule has 0 aliphatic heterocycles. The molecule has 0 aliphatic carbocycles. The SMILES string of the molecule is NC(=O)NC(=O)COC(=O)Cc1csc(-c2cccc(Oc3ccccc3)c2)n1. The Morgan fingerprint density at radius 1 is 1.03 bits per heavy atom. The van der Waals surface area contributed by atoms with Crippen molar-refractivity contribution >= 4 is 29.2 Å². The number of nitrogens with zero attached hydrogens (tertiary/aromatic N) is 1. The summed E-state index contributed by atoms with van der Waals surface area (Å²) in [4.78, 5) is 38.1. The van der Waals surface area contributed by atoms with Crippen LogP contribution < -0.4 is 15.8 Å². The molecule has 0 bridgehead atoms. The highest BCUT2D eigenvalue weighted by atomic mass is 32.1. The number of thiazole rings is 1. The van der Waals surface area contributed by atoms with Crippen LogP contribution in [-0.4, -0.2) is 29.5 Å². The highest BCUT2D eigenvalue weighted by Crippen LogP contribution is 2.29. The van der Waals surface area contributed by atoms with Crippen LogP contribution >= 0.6 is 11.3 Å². The van der Waals surface area contributed by atoms with Crippen molar-refractivity contribution in [2.45, 2.75) is 6.42 Å². The molecular weight excluding hydrogens is 394 g/mol. The summed E-state index contributed by atoms with van der Waals surface area (Å²) in [5, 5.41) is 4.27. The number of rotatable bonds is 7. The maximum atomic E-state index is 11.8. The number of amides is 3. The van der Waals surface area contributed by atoms with Gasteiger partial charge in [0.1, 0.15) is 16.5 Å². The summed E-state index contributed by atoms with van der Waals surface area (Å²) in [5.74, 6) is -0.0272. The van der Waals surface area contributed by atoms with Crippen molar-refractivity contribution in [1.29, 1.82) is 0 Å². The van der Waals surface area contributed by atoms with Crippen molar-refractivity contribution < 1.29 is 23.9 Å². The van der Waals surface area contributed by atoms with Crippen LogP contribution in [0.4, 0.5) is 4.79 Å². The molecule has 0 spiro atoms. The number of aromatic nitrogens is 1. The Bertz CT molecular complexity index is 1020. The number of hydrogen-bond acceptors (Lipinski definition) is 7. The summed E-state index contributed by atoms with van der Waals surface area (Å²) < 4.78 is 10.6. The lowest BCUT2D eigenvalue weighted by Gasteiger charge is -2.06. The Labute approximate surface area is 170 Å². The van der Waals surface area contributed by atoms with E-state index in [1.165, 1.54) is 11.3 Å². The van der Waals surface area contributed by atoms with Gasteiger partial charge < -0.3 is 15.2 Å². The maximum Gasteiger partial charge on any atom is 0.318 e. The average Bonchev–Trinajstić information content (AvgIpc) is 3.15. The molecule has 0 atom stereocenters. The van der Waals surface area contributed by atoms with E-state index in [9.17, 15) is 14.4 Å². The Morgan fingerprint density at radius 2 is 1.79 bits per heavy atom. The lowest BCUT2D eigenvalue weighted by Crippen LogP contribution is -2.37. The minimum absolute atomic E-state index is 0.0967. The zero-order valence-electron chi connectivity index (χ0n) is 15.2. The minimum atomic E-state index is -1.01. The maximum absolute atomic E-state index is 11.8. The number of urea groups is 1. The summed E-state index contributed by atoms with van der Waals surface area (Å²) in [7, 11) is 0. The molecule has 3 N–H and O–H groups in total. The predicted octanol–water partition coefficient (Wildman–Crippen LogP) is 2.88. The Morgan fingerprint density at radius 3 is 2.55 bits per heavy atom. The fourth-order valence-electron chi connectivity index (χ4n) is 2.36. The van der Waals surface area contributed by atoms with Crippen molar-refractivity contribution in [1.82, 2.24) is 10.3 Å². The van der Waals surface area contributed by atoms with Gasteiger partial charge in [0.05, 0.1) is 12.1 Å². The monoisotopic (exact) mass is 411 g/mol. The topological polar surface area (TPSA) is 121 Å². The molecule has 1 aromatic heterocycles. The summed E-state index contributed by atoms with van der Waals surface area (Å²) in [6.45, 7) is -0.586. The van der Waals surface area contributed by atoms with E-state index in [-0.39, 0.29) is 6.42 Å². The van der Waals surface area contributed by atoms with Crippen LogP contribution in [0, 0.1) is 0 Å².